The van der Waals surface area contributed by atoms with Crippen molar-refractivity contribution in [3.05, 3.63) is 72.3 Å². The average Bonchev–Trinajstić information content (AvgIpc) is 2.50. The summed E-state index contributed by atoms with van der Waals surface area (Å²) in [7, 11) is 0. The Morgan fingerprint density at radius 3 is 2.62 bits per heavy atom. The maximum Gasteiger partial charge on any atom is 0.122 e. The minimum atomic E-state index is 0.737. The highest BCUT2D eigenvalue weighted by Crippen LogP contribution is 2.22. The molecule has 2 heteroatoms. The first kappa shape index (κ1) is 15.2. The molecule has 2 nitrogen and oxygen atoms in total. The first-order valence-electron chi connectivity index (χ1n) is 7.45. The van der Waals surface area contributed by atoms with Crippen LogP contribution in [0.3, 0.4) is 0 Å². The van der Waals surface area contributed by atoms with Crippen LogP contribution in [0.2, 0.25) is 0 Å². The Bertz CT molecular complexity index is 563. The molecule has 0 radical (unpaired) electrons. The van der Waals surface area contributed by atoms with E-state index in [1.807, 2.05) is 24.3 Å². The van der Waals surface area contributed by atoms with Crippen LogP contribution in [0.25, 0.3) is 0 Å². The van der Waals surface area contributed by atoms with Crippen LogP contribution in [0, 0.1) is 0 Å². The van der Waals surface area contributed by atoms with E-state index in [4.69, 9.17) is 10.5 Å². The number of hydrogen-bond acceptors (Lipinski definition) is 2. The van der Waals surface area contributed by atoms with E-state index < -0.39 is 0 Å². The second-order valence-corrected chi connectivity index (χ2v) is 5.15. The summed E-state index contributed by atoms with van der Waals surface area (Å²) in [6.45, 7) is 4.51. The summed E-state index contributed by atoms with van der Waals surface area (Å²) < 4.78 is 5.88. The monoisotopic (exact) mass is 281 g/mol. The summed E-state index contributed by atoms with van der Waals surface area (Å²) in [5.74, 6) is 0.920. The van der Waals surface area contributed by atoms with E-state index in [1.165, 1.54) is 5.56 Å². The fourth-order valence-electron chi connectivity index (χ4n) is 2.31. The van der Waals surface area contributed by atoms with Gasteiger partial charge in [-0.15, -0.1) is 6.58 Å². The molecule has 0 aliphatic rings. The molecule has 110 valence electrons. The summed E-state index contributed by atoms with van der Waals surface area (Å²) in [5.41, 5.74) is 9.07. The molecule has 2 rings (SSSR count). The number of benzene rings is 2. The molecule has 0 aliphatic carbocycles. The zero-order valence-corrected chi connectivity index (χ0v) is 12.4. The Morgan fingerprint density at radius 1 is 1.05 bits per heavy atom. The van der Waals surface area contributed by atoms with E-state index in [2.05, 4.69) is 36.9 Å². The Balaban J connectivity index is 1.77. The molecular weight excluding hydrogens is 258 g/mol. The number of anilines is 1. The molecule has 0 fully saturated rings. The smallest absolute Gasteiger partial charge is 0.122 e. The summed E-state index contributed by atoms with van der Waals surface area (Å²) >= 11 is 0. The molecule has 0 unspecified atom stereocenters. The van der Waals surface area contributed by atoms with Crippen molar-refractivity contribution >= 4 is 5.69 Å². The van der Waals surface area contributed by atoms with E-state index in [1.54, 1.807) is 0 Å². The van der Waals surface area contributed by atoms with Crippen LogP contribution in [-0.2, 0) is 12.8 Å². The second-order valence-electron chi connectivity index (χ2n) is 5.15. The lowest BCUT2D eigenvalue weighted by atomic mass is 10.1. The number of allylic oxidation sites excluding steroid dienone is 1. The number of rotatable bonds is 8. The van der Waals surface area contributed by atoms with Crippen LogP contribution in [0.15, 0.2) is 61.2 Å². The first-order valence-corrected chi connectivity index (χ1v) is 7.45. The fraction of sp³-hybridized carbons (Fsp3) is 0.263. The van der Waals surface area contributed by atoms with Gasteiger partial charge in [0.05, 0.1) is 6.61 Å². The van der Waals surface area contributed by atoms with E-state index in [0.717, 1.165) is 49.3 Å². The summed E-state index contributed by atoms with van der Waals surface area (Å²) in [4.78, 5) is 0. The average molecular weight is 281 g/mol. The lowest BCUT2D eigenvalue weighted by Crippen LogP contribution is -2.01. The van der Waals surface area contributed by atoms with Gasteiger partial charge >= 0.3 is 0 Å². The lowest BCUT2D eigenvalue weighted by molar-refractivity contribution is 0.304. The minimum absolute atomic E-state index is 0.737. The summed E-state index contributed by atoms with van der Waals surface area (Å²) in [5, 5.41) is 0. The topological polar surface area (TPSA) is 35.2 Å². The van der Waals surface area contributed by atoms with Gasteiger partial charge < -0.3 is 10.5 Å². The molecule has 0 aromatic heterocycles. The second kappa shape index (κ2) is 8.15. The summed E-state index contributed by atoms with van der Waals surface area (Å²) in [6.07, 6.45) is 5.94. The Labute approximate surface area is 127 Å². The van der Waals surface area contributed by atoms with E-state index in [0.29, 0.717) is 0 Å². The van der Waals surface area contributed by atoms with Crippen LogP contribution >= 0.6 is 0 Å². The van der Waals surface area contributed by atoms with Crippen molar-refractivity contribution in [2.75, 3.05) is 12.3 Å². The number of nitrogen functional groups attached to an aromatic ring is 1. The molecule has 2 N–H and O–H groups in total. The summed E-state index contributed by atoms with van der Waals surface area (Å²) in [6, 6.07) is 16.3. The maximum absolute atomic E-state index is 5.88. The zero-order valence-electron chi connectivity index (χ0n) is 12.4. The Kier molecular flexibility index (Phi) is 5.89. The normalized spacial score (nSPS) is 10.3. The van der Waals surface area contributed by atoms with Gasteiger partial charge in [-0.2, -0.15) is 0 Å². The van der Waals surface area contributed by atoms with E-state index >= 15 is 0 Å². The molecule has 21 heavy (non-hydrogen) atoms. The van der Waals surface area contributed by atoms with E-state index in [-0.39, 0.29) is 0 Å². The fourth-order valence-corrected chi connectivity index (χ4v) is 2.31. The standard InChI is InChI=1S/C19H23NO/c1-2-8-17-15-18(20)12-13-19(17)21-14-7-6-11-16-9-4-3-5-10-16/h2-5,9-10,12-13,15H,1,6-8,11,14,20H2. The first-order chi connectivity index (χ1) is 10.3. The van der Waals surface area contributed by atoms with Crippen LogP contribution in [0.5, 0.6) is 5.75 Å². The molecule has 0 atom stereocenters. The third-order valence-electron chi connectivity index (χ3n) is 3.41. The molecular formula is C19H23NO. The van der Waals surface area contributed by atoms with Gasteiger partial charge in [-0.25, -0.2) is 0 Å². The highest BCUT2D eigenvalue weighted by molar-refractivity contribution is 5.48. The third kappa shape index (κ3) is 4.99. The molecule has 2 aromatic carbocycles. The van der Waals surface area contributed by atoms with Crippen molar-refractivity contribution < 1.29 is 4.74 Å². The molecule has 0 bridgehead atoms. The van der Waals surface area contributed by atoms with Crippen LogP contribution < -0.4 is 10.5 Å². The largest absolute Gasteiger partial charge is 0.493 e. The maximum atomic E-state index is 5.88. The molecule has 0 saturated carbocycles. The van der Waals surface area contributed by atoms with Gasteiger partial charge in [0, 0.05) is 5.69 Å². The van der Waals surface area contributed by atoms with Crippen molar-refractivity contribution in [3.8, 4) is 5.75 Å². The Morgan fingerprint density at radius 2 is 1.86 bits per heavy atom. The van der Waals surface area contributed by atoms with Crippen LogP contribution in [-0.4, -0.2) is 6.61 Å². The van der Waals surface area contributed by atoms with Gasteiger partial charge in [0.2, 0.25) is 0 Å². The van der Waals surface area contributed by atoms with Crippen molar-refractivity contribution in [2.45, 2.75) is 25.7 Å². The number of ether oxygens (including phenoxy) is 1. The number of unbranched alkanes of at least 4 members (excludes halogenated alkanes) is 1. The lowest BCUT2D eigenvalue weighted by Gasteiger charge is -2.11. The molecule has 0 aliphatic heterocycles. The molecule has 0 spiro atoms. The quantitative estimate of drug-likeness (QED) is 0.442. The van der Waals surface area contributed by atoms with Gasteiger partial charge in [-0.3, -0.25) is 0 Å². The highest BCUT2D eigenvalue weighted by atomic mass is 16.5. The number of hydrogen-bond donors (Lipinski definition) is 1. The predicted octanol–water partition coefficient (Wildman–Crippen LogP) is 4.40. The van der Waals surface area contributed by atoms with Gasteiger partial charge in [-0.1, -0.05) is 36.4 Å². The highest BCUT2D eigenvalue weighted by Gasteiger charge is 2.03. The third-order valence-corrected chi connectivity index (χ3v) is 3.41. The predicted molar refractivity (Wildman–Crippen MR) is 89.6 cm³/mol. The van der Waals surface area contributed by atoms with Gasteiger partial charge in [0.15, 0.2) is 0 Å². The number of aryl methyl sites for hydroxylation is 1. The molecule has 2 aromatic rings. The van der Waals surface area contributed by atoms with Gasteiger partial charge in [0.1, 0.15) is 5.75 Å². The van der Waals surface area contributed by atoms with Gasteiger partial charge in [-0.05, 0) is 55.0 Å². The number of nitrogens with two attached hydrogens (primary N) is 1. The minimum Gasteiger partial charge on any atom is -0.493 e. The molecule has 0 saturated heterocycles. The molecule has 0 heterocycles. The van der Waals surface area contributed by atoms with Crippen molar-refractivity contribution in [2.24, 2.45) is 0 Å². The Hall–Kier alpha value is -2.22. The van der Waals surface area contributed by atoms with Crippen LogP contribution in [0.4, 0.5) is 5.69 Å². The van der Waals surface area contributed by atoms with Gasteiger partial charge in [0.25, 0.3) is 0 Å². The van der Waals surface area contributed by atoms with Crippen molar-refractivity contribution in [3.63, 3.8) is 0 Å². The zero-order chi connectivity index (χ0) is 14.9. The SMILES string of the molecule is C=CCc1cc(N)ccc1OCCCCc1ccccc1. The van der Waals surface area contributed by atoms with E-state index in [9.17, 15) is 0 Å². The van der Waals surface area contributed by atoms with Crippen molar-refractivity contribution in [1.29, 1.82) is 0 Å². The van der Waals surface area contributed by atoms with Crippen molar-refractivity contribution in [1.82, 2.24) is 0 Å². The molecule has 0 amide bonds. The van der Waals surface area contributed by atoms with Crippen LogP contribution in [0.1, 0.15) is 24.0 Å².